The van der Waals surface area contributed by atoms with Crippen molar-refractivity contribution in [1.82, 2.24) is 15.3 Å². The fraction of sp³-hybridized carbons (Fsp3) is 0.357. The van der Waals surface area contributed by atoms with E-state index in [-0.39, 0.29) is 11.8 Å². The molecule has 1 atom stereocenters. The number of anilines is 1. The van der Waals surface area contributed by atoms with Crippen molar-refractivity contribution in [3.8, 4) is 0 Å². The van der Waals surface area contributed by atoms with Gasteiger partial charge in [0.1, 0.15) is 5.82 Å². The number of nitrogens with zero attached hydrogens (tertiary/aromatic N) is 2. The van der Waals surface area contributed by atoms with Crippen LogP contribution in [0.25, 0.3) is 0 Å². The molecule has 0 bridgehead atoms. The lowest BCUT2D eigenvalue weighted by Gasteiger charge is -2.10. The van der Waals surface area contributed by atoms with E-state index in [0.717, 1.165) is 17.4 Å². The Kier molecular flexibility index (Phi) is 5.06. The molecule has 20 heavy (non-hydrogen) atoms. The predicted molar refractivity (Wildman–Crippen MR) is 81.3 cm³/mol. The summed E-state index contributed by atoms with van der Waals surface area (Å²) in [6.45, 7) is 5.43. The van der Waals surface area contributed by atoms with Gasteiger partial charge in [-0.3, -0.25) is 4.79 Å². The van der Waals surface area contributed by atoms with Crippen LogP contribution in [-0.2, 0) is 0 Å². The Morgan fingerprint density at radius 3 is 2.85 bits per heavy atom. The highest BCUT2D eigenvalue weighted by molar-refractivity contribution is 7.09. The molecule has 5 nitrogen and oxygen atoms in total. The standard InChI is InChI=1S/C14H18N4OS/c1-3-15-12-5-4-11(9-17-12)13(19)18-8-10(2)14-16-6-7-20-14/h4-7,9-10H,3,8H2,1-2H3,(H,15,17)(H,18,19). The molecular weight excluding hydrogens is 272 g/mol. The van der Waals surface area contributed by atoms with Gasteiger partial charge < -0.3 is 10.6 Å². The van der Waals surface area contributed by atoms with Crippen LogP contribution in [0.5, 0.6) is 0 Å². The SMILES string of the molecule is CCNc1ccc(C(=O)NCC(C)c2nccs2)cn1. The summed E-state index contributed by atoms with van der Waals surface area (Å²) in [6.07, 6.45) is 3.36. The van der Waals surface area contributed by atoms with Gasteiger partial charge >= 0.3 is 0 Å². The first-order valence-corrected chi connectivity index (χ1v) is 7.46. The van der Waals surface area contributed by atoms with E-state index >= 15 is 0 Å². The zero-order chi connectivity index (χ0) is 14.4. The van der Waals surface area contributed by atoms with Crippen LogP contribution in [0.1, 0.15) is 35.1 Å². The lowest BCUT2D eigenvalue weighted by Crippen LogP contribution is -2.27. The number of carbonyl (C=O) groups excluding carboxylic acids is 1. The number of hydrogen-bond acceptors (Lipinski definition) is 5. The van der Waals surface area contributed by atoms with E-state index in [1.807, 2.05) is 25.3 Å². The van der Waals surface area contributed by atoms with Gasteiger partial charge in [0.2, 0.25) is 0 Å². The molecule has 0 radical (unpaired) electrons. The summed E-state index contributed by atoms with van der Waals surface area (Å²) in [7, 11) is 0. The Morgan fingerprint density at radius 1 is 1.40 bits per heavy atom. The molecule has 0 aliphatic rings. The summed E-state index contributed by atoms with van der Waals surface area (Å²) >= 11 is 1.60. The molecule has 106 valence electrons. The van der Waals surface area contributed by atoms with Gasteiger partial charge in [-0.1, -0.05) is 6.92 Å². The minimum Gasteiger partial charge on any atom is -0.370 e. The Labute approximate surface area is 122 Å². The lowest BCUT2D eigenvalue weighted by atomic mass is 10.2. The Balaban J connectivity index is 1.88. The van der Waals surface area contributed by atoms with Gasteiger partial charge in [-0.2, -0.15) is 0 Å². The monoisotopic (exact) mass is 290 g/mol. The number of pyridine rings is 1. The first-order chi connectivity index (χ1) is 9.70. The highest BCUT2D eigenvalue weighted by Gasteiger charge is 2.11. The van der Waals surface area contributed by atoms with E-state index in [0.29, 0.717) is 12.1 Å². The van der Waals surface area contributed by atoms with E-state index in [1.165, 1.54) is 0 Å². The summed E-state index contributed by atoms with van der Waals surface area (Å²) in [5, 5.41) is 8.97. The van der Waals surface area contributed by atoms with E-state index in [1.54, 1.807) is 29.8 Å². The molecule has 1 unspecified atom stereocenters. The summed E-state index contributed by atoms with van der Waals surface area (Å²) in [4.78, 5) is 20.4. The van der Waals surface area contributed by atoms with Crippen molar-refractivity contribution in [3.63, 3.8) is 0 Å². The Morgan fingerprint density at radius 2 is 2.25 bits per heavy atom. The second-order valence-corrected chi connectivity index (χ2v) is 5.37. The predicted octanol–water partition coefficient (Wildman–Crippen LogP) is 2.50. The third-order valence-corrected chi connectivity index (χ3v) is 3.83. The Bertz CT molecular complexity index is 539. The zero-order valence-electron chi connectivity index (χ0n) is 11.6. The van der Waals surface area contributed by atoms with E-state index < -0.39 is 0 Å². The molecule has 6 heteroatoms. The average molecular weight is 290 g/mol. The average Bonchev–Trinajstić information content (AvgIpc) is 3.00. The molecular formula is C14H18N4OS. The van der Waals surface area contributed by atoms with Gasteiger partial charge in [-0.05, 0) is 19.1 Å². The van der Waals surface area contributed by atoms with Crippen LogP contribution in [0, 0.1) is 0 Å². The zero-order valence-corrected chi connectivity index (χ0v) is 12.4. The van der Waals surface area contributed by atoms with Gasteiger partial charge in [0.25, 0.3) is 5.91 Å². The smallest absolute Gasteiger partial charge is 0.252 e. The van der Waals surface area contributed by atoms with Crippen LogP contribution < -0.4 is 10.6 Å². The van der Waals surface area contributed by atoms with Crippen molar-refractivity contribution in [2.75, 3.05) is 18.4 Å². The molecule has 2 heterocycles. The minimum absolute atomic E-state index is 0.107. The normalized spacial score (nSPS) is 11.9. The molecule has 0 fully saturated rings. The maximum absolute atomic E-state index is 12.0. The van der Waals surface area contributed by atoms with Gasteiger partial charge in [-0.25, -0.2) is 9.97 Å². The molecule has 2 aromatic heterocycles. The van der Waals surface area contributed by atoms with Crippen LogP contribution in [0.3, 0.4) is 0 Å². The van der Waals surface area contributed by atoms with Crippen LogP contribution in [0.15, 0.2) is 29.9 Å². The van der Waals surface area contributed by atoms with Crippen molar-refractivity contribution in [1.29, 1.82) is 0 Å². The van der Waals surface area contributed by atoms with Crippen molar-refractivity contribution in [3.05, 3.63) is 40.5 Å². The maximum Gasteiger partial charge on any atom is 0.252 e. The van der Waals surface area contributed by atoms with Crippen LogP contribution >= 0.6 is 11.3 Å². The lowest BCUT2D eigenvalue weighted by molar-refractivity contribution is 0.0951. The summed E-state index contributed by atoms with van der Waals surface area (Å²) < 4.78 is 0. The number of amides is 1. The van der Waals surface area contributed by atoms with E-state index in [2.05, 4.69) is 20.6 Å². The molecule has 1 amide bonds. The van der Waals surface area contributed by atoms with Gasteiger partial charge in [-0.15, -0.1) is 11.3 Å². The third kappa shape index (κ3) is 3.77. The largest absolute Gasteiger partial charge is 0.370 e. The molecule has 0 aliphatic carbocycles. The molecule has 0 saturated carbocycles. The minimum atomic E-state index is -0.107. The molecule has 2 aromatic rings. The summed E-state index contributed by atoms with van der Waals surface area (Å²) in [6, 6.07) is 3.58. The summed E-state index contributed by atoms with van der Waals surface area (Å²) in [5.74, 6) is 0.886. The summed E-state index contributed by atoms with van der Waals surface area (Å²) in [5.41, 5.74) is 0.568. The van der Waals surface area contributed by atoms with Gasteiger partial charge in [0.05, 0.1) is 10.6 Å². The fourth-order valence-corrected chi connectivity index (χ4v) is 2.43. The first-order valence-electron chi connectivity index (χ1n) is 6.58. The number of rotatable bonds is 6. The number of thiazole rings is 1. The van der Waals surface area contributed by atoms with Crippen LogP contribution in [-0.4, -0.2) is 29.0 Å². The molecule has 0 aliphatic heterocycles. The molecule has 2 N–H and O–H groups in total. The quantitative estimate of drug-likeness (QED) is 0.858. The van der Waals surface area contributed by atoms with Crippen molar-refractivity contribution < 1.29 is 4.79 Å². The first kappa shape index (κ1) is 14.5. The molecule has 0 saturated heterocycles. The Hall–Kier alpha value is -1.95. The van der Waals surface area contributed by atoms with E-state index in [9.17, 15) is 4.79 Å². The molecule has 0 aromatic carbocycles. The van der Waals surface area contributed by atoms with Crippen molar-refractivity contribution >= 4 is 23.1 Å². The number of carbonyl (C=O) groups is 1. The molecule has 0 spiro atoms. The third-order valence-electron chi connectivity index (χ3n) is 2.83. The number of hydrogen-bond donors (Lipinski definition) is 2. The highest BCUT2D eigenvalue weighted by Crippen LogP contribution is 2.16. The van der Waals surface area contributed by atoms with Crippen LogP contribution in [0.2, 0.25) is 0 Å². The van der Waals surface area contributed by atoms with Gasteiger partial charge in [0.15, 0.2) is 0 Å². The second kappa shape index (κ2) is 7.00. The fourth-order valence-electron chi connectivity index (χ4n) is 1.73. The van der Waals surface area contributed by atoms with E-state index in [4.69, 9.17) is 0 Å². The topological polar surface area (TPSA) is 66.9 Å². The van der Waals surface area contributed by atoms with Crippen LogP contribution in [0.4, 0.5) is 5.82 Å². The second-order valence-electron chi connectivity index (χ2n) is 4.44. The maximum atomic E-state index is 12.0. The van der Waals surface area contributed by atoms with Gasteiger partial charge in [0, 0.05) is 36.8 Å². The number of nitrogens with one attached hydrogen (secondary N) is 2. The molecule has 2 rings (SSSR count). The highest BCUT2D eigenvalue weighted by atomic mass is 32.1. The van der Waals surface area contributed by atoms with Crippen molar-refractivity contribution in [2.45, 2.75) is 19.8 Å². The van der Waals surface area contributed by atoms with Crippen molar-refractivity contribution in [2.24, 2.45) is 0 Å². The number of aromatic nitrogens is 2.